The van der Waals surface area contributed by atoms with Gasteiger partial charge in [-0.3, -0.25) is 15.0 Å². The van der Waals surface area contributed by atoms with E-state index in [0.717, 1.165) is 95.0 Å². The fourth-order valence-corrected chi connectivity index (χ4v) is 15.1. The number of hydrogen-bond donors (Lipinski definition) is 3. The molecule has 4 N–H and O–H groups in total. The number of aromatic nitrogens is 2. The van der Waals surface area contributed by atoms with E-state index in [0.29, 0.717) is 85.0 Å². The quantitative estimate of drug-likeness (QED) is 0.00701. The van der Waals surface area contributed by atoms with Crippen molar-refractivity contribution in [2.24, 2.45) is 0 Å². The minimum absolute atomic E-state index is 0. The number of nitrogens with two attached hydrogens (primary N) is 1. The second-order valence-corrected chi connectivity index (χ2v) is 30.2. The Bertz CT molecular complexity index is 5270. The molecular weight excluding hydrogens is 1420 g/mol. The van der Waals surface area contributed by atoms with E-state index in [4.69, 9.17) is 31.5 Å². The molecule has 4 heterocycles. The van der Waals surface area contributed by atoms with Gasteiger partial charge in [0, 0.05) is 124 Å². The summed E-state index contributed by atoms with van der Waals surface area (Å²) in [6.07, 6.45) is 18.3. The van der Waals surface area contributed by atoms with Gasteiger partial charge in [0.1, 0.15) is 24.5 Å². The molecule has 0 saturated carbocycles. The maximum absolute atomic E-state index is 13.5. The summed E-state index contributed by atoms with van der Waals surface area (Å²) in [6.45, 7) is 15.2. The molecule has 0 atom stereocenters. The van der Waals surface area contributed by atoms with Gasteiger partial charge in [0.05, 0.1) is 68.0 Å². The van der Waals surface area contributed by atoms with E-state index < -0.39 is 31.0 Å². The van der Waals surface area contributed by atoms with Crippen LogP contribution in [-0.4, -0.2) is 127 Å². The van der Waals surface area contributed by atoms with Crippen molar-refractivity contribution in [3.8, 4) is 11.5 Å². The second kappa shape index (κ2) is 35.5. The molecule has 20 nitrogen and oxygen atoms in total. The van der Waals surface area contributed by atoms with Crippen LogP contribution in [0.25, 0.3) is 43.2 Å². The van der Waals surface area contributed by atoms with E-state index in [1.165, 1.54) is 46.4 Å². The number of methoxy groups -OCH3 is 1. The van der Waals surface area contributed by atoms with Crippen LogP contribution in [0, 0.1) is 15.9 Å². The van der Waals surface area contributed by atoms with E-state index >= 15 is 0 Å². The number of halogens is 2. The number of benzene rings is 9. The van der Waals surface area contributed by atoms with E-state index in [1.807, 2.05) is 85.0 Å². The molecule has 1 fully saturated rings. The monoisotopic (exact) mass is 1500 g/mol. The van der Waals surface area contributed by atoms with Crippen molar-refractivity contribution in [2.45, 2.75) is 70.6 Å². The first-order valence-electron chi connectivity index (χ1n) is 34.7. The molecule has 546 valence electrons. The molecule has 0 radical (unpaired) electrons. The van der Waals surface area contributed by atoms with Gasteiger partial charge in [0.25, 0.3) is 5.69 Å². The van der Waals surface area contributed by atoms with Crippen molar-refractivity contribution in [1.82, 2.24) is 14.9 Å². The van der Waals surface area contributed by atoms with Gasteiger partial charge in [-0.1, -0.05) is 129 Å². The third kappa shape index (κ3) is 19.7. The van der Waals surface area contributed by atoms with Gasteiger partial charge in [0.2, 0.25) is 5.69 Å². The molecule has 10 aromatic rings. The molecule has 1 aromatic heterocycles. The number of allylic oxidation sites excluding steroid dienone is 8. The average molecular weight is 1500 g/mol. The molecule has 13 rings (SSSR count). The summed E-state index contributed by atoms with van der Waals surface area (Å²) in [5, 5.41) is 24.7. The number of ether oxygens (including phenoxy) is 3. The number of anilines is 6. The summed E-state index contributed by atoms with van der Waals surface area (Å²) in [6, 6.07) is 51.3. The maximum Gasteiger partial charge on any atom is 1.00 e. The van der Waals surface area contributed by atoms with E-state index in [2.05, 4.69) is 135 Å². The number of nitro benzene ring substituents is 1. The number of rotatable bonds is 25. The smallest absolute Gasteiger partial charge is 0.748 e. The molecule has 3 aliphatic rings. The molecule has 25 heteroatoms. The number of nitrogens with one attached hydrogen (secondary N) is 2. The van der Waals surface area contributed by atoms with Crippen LogP contribution < -0.4 is 60.3 Å². The summed E-state index contributed by atoms with van der Waals surface area (Å²) in [4.78, 5) is 23.3. The van der Waals surface area contributed by atoms with Gasteiger partial charge >= 0.3 is 29.6 Å². The van der Waals surface area contributed by atoms with E-state index in [1.54, 1.807) is 37.4 Å². The van der Waals surface area contributed by atoms with Crippen LogP contribution >= 0.6 is 11.6 Å². The zero-order valence-corrected chi connectivity index (χ0v) is 64.5. The Hall–Kier alpha value is -9.11. The van der Waals surface area contributed by atoms with Gasteiger partial charge in [-0.05, 0) is 151 Å². The number of nitrogen functional groups attached to an aromatic ring is 1. The van der Waals surface area contributed by atoms with E-state index in [-0.39, 0.29) is 62.6 Å². The van der Waals surface area contributed by atoms with Gasteiger partial charge in [-0.25, -0.2) is 31.2 Å². The number of fused-ring (bicyclic) bond motifs is 8. The van der Waals surface area contributed by atoms with Crippen LogP contribution in [-0.2, 0) is 35.8 Å². The minimum atomic E-state index is -4.26. The predicted octanol–water partition coefficient (Wildman–Crippen LogP) is 13.7. The summed E-state index contributed by atoms with van der Waals surface area (Å²) in [5.74, 6) is 0.713. The SMILES string of the molecule is CC1(C)C(/C=C/C=C/C=C/C=C2/N(CCCCS(=O)(=O)[O-])c3ccc4ccccc4c3C2(C)C)=[N+](CCCCS(=O)(=O)[O-])c2ccc3ccccc3c21.COc1cc2cccc(Nc3ccc(F)c(Cl)c3)c2cc1OCCCN1CCOCC1.Nc1cccc(Nc2ncnc3ccc([N+](=O)[O-])cc23)c1.[Na+]. The molecule has 0 bridgehead atoms. The van der Waals surface area contributed by atoms with Gasteiger partial charge in [-0.15, -0.1) is 0 Å². The van der Waals surface area contributed by atoms with Gasteiger partial charge in [-0.2, -0.15) is 4.58 Å². The summed E-state index contributed by atoms with van der Waals surface area (Å²) < 4.78 is 100. The fraction of sp³-hybridized carbons (Fsp3) is 0.272. The first-order chi connectivity index (χ1) is 50.4. The number of non-ortho nitro benzene ring substituents is 1. The number of unbranched alkanes of at least 4 members (excludes halogenated alkanes) is 2. The van der Waals surface area contributed by atoms with Crippen LogP contribution in [0.4, 0.5) is 50.0 Å². The molecule has 106 heavy (non-hydrogen) atoms. The van der Waals surface area contributed by atoms with Crippen LogP contribution in [0.5, 0.6) is 11.5 Å². The maximum atomic E-state index is 13.5. The van der Waals surface area contributed by atoms with Crippen molar-refractivity contribution in [2.75, 3.05) is 92.4 Å². The Morgan fingerprint density at radius 3 is 2.05 bits per heavy atom. The third-order valence-electron chi connectivity index (χ3n) is 18.8. The Balaban J connectivity index is 0.000000190. The first-order valence-corrected chi connectivity index (χ1v) is 38.2. The minimum Gasteiger partial charge on any atom is -0.748 e. The molecule has 1 saturated heterocycles. The molecule has 0 spiro atoms. The van der Waals surface area contributed by atoms with Crippen LogP contribution in [0.15, 0.2) is 218 Å². The molecule has 0 amide bonds. The van der Waals surface area contributed by atoms with Crippen LogP contribution in [0.1, 0.15) is 70.9 Å². The average Bonchev–Trinajstić information content (AvgIpc) is 1.58. The van der Waals surface area contributed by atoms with Gasteiger partial charge < -0.3 is 44.6 Å². The topological polar surface area (TPSA) is 271 Å². The first kappa shape index (κ1) is 79.5. The van der Waals surface area contributed by atoms with Crippen molar-refractivity contribution < 1.29 is 83.6 Å². The fourth-order valence-electron chi connectivity index (χ4n) is 13.8. The zero-order chi connectivity index (χ0) is 74.5. The van der Waals surface area contributed by atoms with Crippen LogP contribution in [0.2, 0.25) is 5.02 Å². The molecule has 0 unspecified atom stereocenters. The Kier molecular flexibility index (Phi) is 26.6. The number of hydrogen-bond acceptors (Lipinski definition) is 18. The normalized spacial score (nSPS) is 15.2. The zero-order valence-electron chi connectivity index (χ0n) is 60.1. The van der Waals surface area contributed by atoms with Crippen molar-refractivity contribution in [3.05, 3.63) is 250 Å². The van der Waals surface area contributed by atoms with E-state index in [9.17, 15) is 40.4 Å². The van der Waals surface area contributed by atoms with Crippen molar-refractivity contribution in [3.63, 3.8) is 0 Å². The summed E-state index contributed by atoms with van der Waals surface area (Å²) in [5.41, 5.74) is 15.5. The summed E-state index contributed by atoms with van der Waals surface area (Å²) in [7, 11) is -6.88. The molecule has 9 aromatic carbocycles. The van der Waals surface area contributed by atoms with Crippen LogP contribution in [0.3, 0.4) is 0 Å². The number of nitro groups is 1. The molecule has 3 aliphatic heterocycles. The predicted molar refractivity (Wildman–Crippen MR) is 417 cm³/mol. The third-order valence-corrected chi connectivity index (χ3v) is 20.7. The van der Waals surface area contributed by atoms with Gasteiger partial charge in [0.15, 0.2) is 17.2 Å². The number of nitrogens with zero attached hydrogens (tertiary/aromatic N) is 6. The van der Waals surface area contributed by atoms with Crippen molar-refractivity contribution >= 4 is 126 Å². The standard InChI is InChI=1S/C43H48N2O6S2.C24H26ClFN2O3.C14H11N5O2.Na/c1-42(2)38(44(28-14-16-30-52(46,47)48)36-26-24-32-18-10-12-20-34(32)40(36)42)22-8-6-5-7-9-23-39-43(3,4)41-35-21-13-11-19-33(35)25-27-37(41)45(39)29-15-17-31-53(49,50)51;1-29-23-14-17-4-2-5-22(27-18-6-7-21(26)20(25)15-18)19(17)16-24(23)31-11-3-8-28-9-12-30-13-10-28;15-9-2-1-3-10(6-9)18-14-12-7-11(19(20)21)4-5-13(12)16-8-17-14;/h5-13,18-27H,14-17,28-31H2,1-4H3,(H-,46,47,48,49,50,51);2,4-7,14-16,27H,3,8-13H2,1H3;1-8H,15H2,(H,16,17,18);/q;;;+1/p-1. The largest absolute Gasteiger partial charge is 1.00 e. The Labute approximate surface area is 645 Å². The summed E-state index contributed by atoms with van der Waals surface area (Å²) >= 11 is 5.93. The number of morpholine rings is 1. The Morgan fingerprint density at radius 1 is 0.670 bits per heavy atom. The second-order valence-electron chi connectivity index (χ2n) is 26.8. The molecular formula is C81H84ClFN9NaO11S2. The molecule has 0 aliphatic carbocycles. The Morgan fingerprint density at radius 2 is 1.34 bits per heavy atom. The van der Waals surface area contributed by atoms with Crippen molar-refractivity contribution in [1.29, 1.82) is 0 Å².